The Labute approximate surface area is 133 Å². The van der Waals surface area contributed by atoms with Crippen molar-refractivity contribution in [2.24, 2.45) is 0 Å². The zero-order chi connectivity index (χ0) is 17.0. The molecule has 23 heavy (non-hydrogen) atoms. The van der Waals surface area contributed by atoms with Crippen molar-refractivity contribution >= 4 is 23.5 Å². The third kappa shape index (κ3) is 3.85. The summed E-state index contributed by atoms with van der Waals surface area (Å²) < 4.78 is 13.8. The molecule has 1 saturated heterocycles. The highest BCUT2D eigenvalue weighted by molar-refractivity contribution is 5.98. The first-order valence-corrected chi connectivity index (χ1v) is 7.57. The number of anilines is 1. The molecule has 2 rings (SSSR count). The molecule has 1 atom stereocenters. The van der Waals surface area contributed by atoms with E-state index in [1.165, 1.54) is 4.90 Å². The van der Waals surface area contributed by atoms with Gasteiger partial charge in [-0.3, -0.25) is 9.59 Å². The van der Waals surface area contributed by atoms with Gasteiger partial charge in [-0.15, -0.1) is 0 Å². The molecule has 1 fully saturated rings. The lowest BCUT2D eigenvalue weighted by molar-refractivity contribution is -0.136. The van der Waals surface area contributed by atoms with Crippen molar-refractivity contribution in [1.29, 1.82) is 0 Å². The minimum atomic E-state index is -1.21. The van der Waals surface area contributed by atoms with Crippen LogP contribution in [0.15, 0.2) is 18.2 Å². The smallest absolute Gasteiger partial charge is 0.335 e. The first kappa shape index (κ1) is 16.9. The summed E-state index contributed by atoms with van der Waals surface area (Å²) in [5.41, 5.74) is -0.309. The standard InChI is InChI=1S/C16H19FN2O4/c1-2-4-14(20)19-8-3-5-13(19)15(21)18-12-9-10(16(22)23)6-7-11(12)17/h6-7,9,13H,2-5,8H2,1H3,(H,18,21)(H,22,23)/t13-/m0/s1. The molecule has 1 aromatic rings. The van der Waals surface area contributed by atoms with E-state index < -0.39 is 23.7 Å². The van der Waals surface area contributed by atoms with Crippen molar-refractivity contribution in [3.05, 3.63) is 29.6 Å². The Balaban J connectivity index is 2.13. The van der Waals surface area contributed by atoms with E-state index in [4.69, 9.17) is 5.11 Å². The predicted octanol–water partition coefficient (Wildman–Crippen LogP) is 2.25. The summed E-state index contributed by atoms with van der Waals surface area (Å²) in [6.07, 6.45) is 2.29. The van der Waals surface area contributed by atoms with E-state index in [0.717, 1.165) is 18.2 Å². The Kier molecular flexibility index (Phi) is 5.31. The number of carbonyl (C=O) groups is 3. The molecule has 0 aromatic heterocycles. The molecule has 2 amide bonds. The highest BCUT2D eigenvalue weighted by Crippen LogP contribution is 2.22. The van der Waals surface area contributed by atoms with Crippen molar-refractivity contribution < 1.29 is 23.9 Å². The molecule has 0 spiro atoms. The third-order valence-electron chi connectivity index (χ3n) is 3.81. The quantitative estimate of drug-likeness (QED) is 0.870. The summed E-state index contributed by atoms with van der Waals surface area (Å²) in [6.45, 7) is 2.39. The van der Waals surface area contributed by atoms with Crippen LogP contribution in [0.3, 0.4) is 0 Å². The van der Waals surface area contributed by atoms with Crippen molar-refractivity contribution in [3.63, 3.8) is 0 Å². The average Bonchev–Trinajstić information content (AvgIpc) is 2.99. The van der Waals surface area contributed by atoms with Gasteiger partial charge in [-0.05, 0) is 37.5 Å². The van der Waals surface area contributed by atoms with Gasteiger partial charge in [0.25, 0.3) is 0 Å². The molecule has 124 valence electrons. The first-order valence-electron chi connectivity index (χ1n) is 7.57. The van der Waals surface area contributed by atoms with Crippen LogP contribution < -0.4 is 5.32 Å². The summed E-state index contributed by atoms with van der Waals surface area (Å²) in [4.78, 5) is 36.8. The zero-order valence-corrected chi connectivity index (χ0v) is 12.8. The van der Waals surface area contributed by atoms with Crippen molar-refractivity contribution in [2.75, 3.05) is 11.9 Å². The van der Waals surface area contributed by atoms with Crippen LogP contribution >= 0.6 is 0 Å². The zero-order valence-electron chi connectivity index (χ0n) is 12.8. The van der Waals surface area contributed by atoms with Gasteiger partial charge in [-0.1, -0.05) is 6.92 Å². The highest BCUT2D eigenvalue weighted by Gasteiger charge is 2.33. The van der Waals surface area contributed by atoms with Gasteiger partial charge in [-0.25, -0.2) is 9.18 Å². The van der Waals surface area contributed by atoms with Crippen LogP contribution in [-0.2, 0) is 9.59 Å². The molecular weight excluding hydrogens is 303 g/mol. The summed E-state index contributed by atoms with van der Waals surface area (Å²) >= 11 is 0. The van der Waals surface area contributed by atoms with Crippen molar-refractivity contribution in [1.82, 2.24) is 4.90 Å². The number of rotatable bonds is 5. The van der Waals surface area contributed by atoms with Gasteiger partial charge >= 0.3 is 5.97 Å². The van der Waals surface area contributed by atoms with Gasteiger partial charge in [-0.2, -0.15) is 0 Å². The Bertz CT molecular complexity index is 633. The SMILES string of the molecule is CCCC(=O)N1CCC[C@H]1C(=O)Nc1cc(C(=O)O)ccc1F. The highest BCUT2D eigenvalue weighted by atomic mass is 19.1. The number of aromatic carboxylic acids is 1. The van der Waals surface area contributed by atoms with Crippen LogP contribution in [0.4, 0.5) is 10.1 Å². The Morgan fingerprint density at radius 1 is 1.39 bits per heavy atom. The number of nitrogens with zero attached hydrogens (tertiary/aromatic N) is 1. The Morgan fingerprint density at radius 3 is 2.78 bits per heavy atom. The molecule has 1 aliphatic rings. The lowest BCUT2D eigenvalue weighted by atomic mass is 10.1. The van der Waals surface area contributed by atoms with Crippen LogP contribution in [0.2, 0.25) is 0 Å². The molecule has 1 heterocycles. The monoisotopic (exact) mass is 322 g/mol. The largest absolute Gasteiger partial charge is 0.478 e. The molecular formula is C16H19FN2O4. The molecule has 1 aliphatic heterocycles. The minimum absolute atomic E-state index is 0.0927. The fourth-order valence-electron chi connectivity index (χ4n) is 2.67. The van der Waals surface area contributed by atoms with Gasteiger partial charge in [0.2, 0.25) is 11.8 Å². The van der Waals surface area contributed by atoms with E-state index in [0.29, 0.717) is 32.2 Å². The third-order valence-corrected chi connectivity index (χ3v) is 3.81. The molecule has 0 saturated carbocycles. The molecule has 7 heteroatoms. The van der Waals surface area contributed by atoms with E-state index in [-0.39, 0.29) is 17.2 Å². The van der Waals surface area contributed by atoms with Gasteiger partial charge < -0.3 is 15.3 Å². The molecule has 0 radical (unpaired) electrons. The fourth-order valence-corrected chi connectivity index (χ4v) is 2.67. The minimum Gasteiger partial charge on any atom is -0.478 e. The maximum atomic E-state index is 13.8. The lowest BCUT2D eigenvalue weighted by Crippen LogP contribution is -2.43. The van der Waals surface area contributed by atoms with Crippen LogP contribution in [0.5, 0.6) is 0 Å². The number of hydrogen-bond acceptors (Lipinski definition) is 3. The molecule has 2 N–H and O–H groups in total. The van der Waals surface area contributed by atoms with E-state index >= 15 is 0 Å². The molecule has 0 bridgehead atoms. The number of likely N-dealkylation sites (tertiary alicyclic amines) is 1. The summed E-state index contributed by atoms with van der Waals surface area (Å²) in [5, 5.41) is 11.3. The number of nitrogens with one attached hydrogen (secondary N) is 1. The molecule has 1 aromatic carbocycles. The Morgan fingerprint density at radius 2 is 2.13 bits per heavy atom. The lowest BCUT2D eigenvalue weighted by Gasteiger charge is -2.24. The number of amides is 2. The first-order chi connectivity index (χ1) is 10.9. The fraction of sp³-hybridized carbons (Fsp3) is 0.438. The van der Waals surface area contributed by atoms with Crippen LogP contribution in [0.1, 0.15) is 43.0 Å². The van der Waals surface area contributed by atoms with Gasteiger partial charge in [0.05, 0.1) is 11.3 Å². The maximum Gasteiger partial charge on any atom is 0.335 e. The molecule has 0 aliphatic carbocycles. The predicted molar refractivity (Wildman–Crippen MR) is 81.6 cm³/mol. The van der Waals surface area contributed by atoms with Gasteiger partial charge in [0.15, 0.2) is 0 Å². The Hall–Kier alpha value is -2.44. The van der Waals surface area contributed by atoms with Gasteiger partial charge in [0.1, 0.15) is 11.9 Å². The number of benzene rings is 1. The van der Waals surface area contributed by atoms with Crippen LogP contribution in [0, 0.1) is 5.82 Å². The second kappa shape index (κ2) is 7.21. The van der Waals surface area contributed by atoms with Crippen LogP contribution in [0.25, 0.3) is 0 Å². The maximum absolute atomic E-state index is 13.8. The normalized spacial score (nSPS) is 17.1. The molecule has 6 nitrogen and oxygen atoms in total. The number of halogens is 1. The van der Waals surface area contributed by atoms with E-state index in [9.17, 15) is 18.8 Å². The number of carboxylic acids is 1. The number of carboxylic acid groups (broad SMARTS) is 1. The number of carbonyl (C=O) groups excluding carboxylic acids is 2. The van der Waals surface area contributed by atoms with Crippen molar-refractivity contribution in [2.45, 2.75) is 38.6 Å². The van der Waals surface area contributed by atoms with Gasteiger partial charge in [0, 0.05) is 13.0 Å². The van der Waals surface area contributed by atoms with Crippen molar-refractivity contribution in [3.8, 4) is 0 Å². The average molecular weight is 322 g/mol. The topological polar surface area (TPSA) is 86.7 Å². The summed E-state index contributed by atoms with van der Waals surface area (Å²) in [6, 6.07) is 2.55. The summed E-state index contributed by atoms with van der Waals surface area (Å²) in [5.74, 6) is -2.51. The second-order valence-corrected chi connectivity index (χ2v) is 5.48. The van der Waals surface area contributed by atoms with E-state index in [1.54, 1.807) is 0 Å². The molecule has 0 unspecified atom stereocenters. The number of hydrogen-bond donors (Lipinski definition) is 2. The second-order valence-electron chi connectivity index (χ2n) is 5.48. The van der Waals surface area contributed by atoms with E-state index in [1.807, 2.05) is 6.92 Å². The summed E-state index contributed by atoms with van der Waals surface area (Å²) in [7, 11) is 0. The van der Waals surface area contributed by atoms with Crippen LogP contribution in [-0.4, -0.2) is 40.4 Å². The van der Waals surface area contributed by atoms with E-state index in [2.05, 4.69) is 5.32 Å².